The van der Waals surface area contributed by atoms with Gasteiger partial charge in [0, 0.05) is 6.42 Å². The molecule has 1 amide bonds. The Labute approximate surface area is 469 Å². The Morgan fingerprint density at radius 3 is 1.19 bits per heavy atom. The van der Waals surface area contributed by atoms with Gasteiger partial charge < -0.3 is 65.1 Å². The van der Waals surface area contributed by atoms with Crippen molar-refractivity contribution in [2.45, 2.75) is 364 Å². The van der Waals surface area contributed by atoms with Crippen LogP contribution in [0.5, 0.6) is 0 Å². The predicted molar refractivity (Wildman–Crippen MR) is 309 cm³/mol. The molecule has 9 N–H and O–H groups in total. The number of ether oxygens (including phenoxy) is 4. The third-order valence-electron chi connectivity index (χ3n) is 16.2. The molecule has 0 aromatic heterocycles. The maximum Gasteiger partial charge on any atom is 0.220 e. The SMILES string of the molecule is CCCCCCCCCCCC/C=C/C(O)C(COC1OC(CO)C(OC2OC(CO)C(O)C(O)C2O)C(O)C1O)NC(=O)CCCCCCCCCCCCCCCCCCCCCCCCCCCCCCCCC. The first-order valence-electron chi connectivity index (χ1n) is 32.4. The van der Waals surface area contributed by atoms with Crippen molar-refractivity contribution in [1.82, 2.24) is 5.32 Å². The quantitative estimate of drug-likeness (QED) is 0.0204. The lowest BCUT2D eigenvalue weighted by molar-refractivity contribution is -0.359. The number of hydrogen-bond acceptors (Lipinski definition) is 13. The van der Waals surface area contributed by atoms with Gasteiger partial charge in [-0.3, -0.25) is 4.79 Å². The first kappa shape index (κ1) is 71.8. The second-order valence-electron chi connectivity index (χ2n) is 23.3. The lowest BCUT2D eigenvalue weighted by Crippen LogP contribution is -2.65. The summed E-state index contributed by atoms with van der Waals surface area (Å²) in [7, 11) is 0. The summed E-state index contributed by atoms with van der Waals surface area (Å²) in [6.45, 7) is 2.82. The molecule has 0 bridgehead atoms. The second-order valence-corrected chi connectivity index (χ2v) is 23.3. The van der Waals surface area contributed by atoms with Gasteiger partial charge in [-0.25, -0.2) is 0 Å². The Morgan fingerprint density at radius 2 is 0.805 bits per heavy atom. The van der Waals surface area contributed by atoms with Crippen LogP contribution in [0.15, 0.2) is 12.2 Å². The maximum atomic E-state index is 13.3. The van der Waals surface area contributed by atoms with Gasteiger partial charge >= 0.3 is 0 Å². The highest BCUT2D eigenvalue weighted by Crippen LogP contribution is 2.30. The molecule has 12 unspecified atom stereocenters. The van der Waals surface area contributed by atoms with Crippen molar-refractivity contribution < 1.29 is 64.6 Å². The Kier molecular flexibility index (Phi) is 46.0. The van der Waals surface area contributed by atoms with E-state index in [1.54, 1.807) is 6.08 Å². The first-order valence-corrected chi connectivity index (χ1v) is 32.4. The molecule has 2 saturated heterocycles. The number of unbranched alkanes of at least 4 members (excludes halogenated alkanes) is 40. The summed E-state index contributed by atoms with van der Waals surface area (Å²) in [6, 6.07) is -0.909. The largest absolute Gasteiger partial charge is 0.394 e. The molecule has 12 atom stereocenters. The molecule has 2 aliphatic heterocycles. The van der Waals surface area contributed by atoms with Crippen LogP contribution in [0.3, 0.4) is 0 Å². The number of rotatable bonds is 53. The Bertz CT molecular complexity index is 1340. The van der Waals surface area contributed by atoms with E-state index < -0.39 is 86.8 Å². The number of aliphatic hydroxyl groups excluding tert-OH is 8. The highest BCUT2D eigenvalue weighted by molar-refractivity contribution is 5.76. The fraction of sp³-hybridized carbons (Fsp3) is 0.952. The molecule has 77 heavy (non-hydrogen) atoms. The van der Waals surface area contributed by atoms with Crippen LogP contribution < -0.4 is 5.32 Å². The van der Waals surface area contributed by atoms with Crippen molar-refractivity contribution >= 4 is 5.91 Å². The lowest BCUT2D eigenvalue weighted by atomic mass is 9.97. The molecule has 0 saturated carbocycles. The molecular formula is C63H121NO13. The molecule has 2 heterocycles. The first-order chi connectivity index (χ1) is 37.6. The second kappa shape index (κ2) is 49.3. The van der Waals surface area contributed by atoms with Crippen LogP contribution in [-0.2, 0) is 23.7 Å². The summed E-state index contributed by atoms with van der Waals surface area (Å²) in [6.07, 6.45) is 41.4. The van der Waals surface area contributed by atoms with Gasteiger partial charge in [-0.1, -0.05) is 276 Å². The zero-order chi connectivity index (χ0) is 56.0. The Morgan fingerprint density at radius 1 is 0.455 bits per heavy atom. The minimum atomic E-state index is -1.79. The minimum Gasteiger partial charge on any atom is -0.394 e. The molecule has 0 aromatic rings. The fourth-order valence-electron chi connectivity index (χ4n) is 11.0. The summed E-state index contributed by atoms with van der Waals surface area (Å²) < 4.78 is 22.8. The van der Waals surface area contributed by atoms with E-state index in [9.17, 15) is 45.6 Å². The molecule has 2 rings (SSSR count). The number of allylic oxidation sites excluding steroid dienone is 1. The van der Waals surface area contributed by atoms with Gasteiger partial charge in [0.1, 0.15) is 48.8 Å². The highest BCUT2D eigenvalue weighted by atomic mass is 16.7. The summed E-state index contributed by atoms with van der Waals surface area (Å²) in [5.74, 6) is -0.234. The van der Waals surface area contributed by atoms with Gasteiger partial charge in [-0.2, -0.15) is 0 Å². The topological polar surface area (TPSA) is 228 Å². The minimum absolute atomic E-state index is 0.234. The standard InChI is InChI=1S/C63H121NO13/c1-3-5-7-9-11-13-15-17-18-19-20-21-22-23-24-25-26-27-28-29-30-31-32-33-34-35-37-39-41-43-45-47-55(68)64-51(52(67)46-44-42-40-38-36-16-14-12-10-8-6-4-2)50-74-62-60(73)58(71)61(54(49-66)76-62)77-63-59(72)57(70)56(69)53(48-65)75-63/h44,46,51-54,56-63,65-67,69-73H,3-43,45,47-50H2,1-2H3,(H,64,68)/b46-44+. The summed E-state index contributed by atoms with van der Waals surface area (Å²) in [5, 5.41) is 87.0. The molecule has 14 heteroatoms. The van der Waals surface area contributed by atoms with Crippen LogP contribution in [0.25, 0.3) is 0 Å². The van der Waals surface area contributed by atoms with E-state index in [1.807, 2.05) is 6.08 Å². The summed E-state index contributed by atoms with van der Waals surface area (Å²) >= 11 is 0. The van der Waals surface area contributed by atoms with Crippen molar-refractivity contribution in [2.24, 2.45) is 0 Å². The molecule has 0 aliphatic carbocycles. The molecule has 0 aromatic carbocycles. The van der Waals surface area contributed by atoms with Gasteiger partial charge in [0.25, 0.3) is 0 Å². The van der Waals surface area contributed by atoms with Crippen molar-refractivity contribution in [1.29, 1.82) is 0 Å². The lowest BCUT2D eigenvalue weighted by Gasteiger charge is -2.46. The normalized spacial score (nSPS) is 24.7. The number of nitrogens with one attached hydrogen (secondary N) is 1. The Balaban J connectivity index is 1.62. The zero-order valence-corrected chi connectivity index (χ0v) is 49.2. The number of carbonyl (C=O) groups excluding carboxylic acids is 1. The van der Waals surface area contributed by atoms with Crippen molar-refractivity contribution in [2.75, 3.05) is 19.8 Å². The zero-order valence-electron chi connectivity index (χ0n) is 49.2. The monoisotopic (exact) mass is 1100 g/mol. The number of amides is 1. The van der Waals surface area contributed by atoms with E-state index in [-0.39, 0.29) is 18.9 Å². The van der Waals surface area contributed by atoms with Gasteiger partial charge in [-0.05, 0) is 19.3 Å². The van der Waals surface area contributed by atoms with Crippen LogP contribution >= 0.6 is 0 Å². The van der Waals surface area contributed by atoms with Crippen molar-refractivity contribution in [3.8, 4) is 0 Å². The summed E-state index contributed by atoms with van der Waals surface area (Å²) in [5.41, 5.74) is 0. The van der Waals surface area contributed by atoms with Crippen molar-refractivity contribution in [3.05, 3.63) is 12.2 Å². The van der Waals surface area contributed by atoms with Gasteiger partial charge in [0.2, 0.25) is 5.91 Å². The van der Waals surface area contributed by atoms with Crippen molar-refractivity contribution in [3.63, 3.8) is 0 Å². The van der Waals surface area contributed by atoms with Crippen LogP contribution in [0.2, 0.25) is 0 Å². The van der Waals surface area contributed by atoms with E-state index in [4.69, 9.17) is 18.9 Å². The third-order valence-corrected chi connectivity index (χ3v) is 16.2. The number of carbonyl (C=O) groups is 1. The molecular weight excluding hydrogens is 979 g/mol. The van der Waals surface area contributed by atoms with Crippen LogP contribution in [0.1, 0.15) is 290 Å². The van der Waals surface area contributed by atoms with E-state index >= 15 is 0 Å². The van der Waals surface area contributed by atoms with Gasteiger partial charge in [-0.15, -0.1) is 0 Å². The van der Waals surface area contributed by atoms with Crippen LogP contribution in [0.4, 0.5) is 0 Å². The van der Waals surface area contributed by atoms with Crippen LogP contribution in [0, 0.1) is 0 Å². The fourth-order valence-corrected chi connectivity index (χ4v) is 11.0. The average molecular weight is 1100 g/mol. The van der Waals surface area contributed by atoms with E-state index in [1.165, 1.54) is 225 Å². The van der Waals surface area contributed by atoms with E-state index in [0.717, 1.165) is 38.5 Å². The Hall–Kier alpha value is -1.27. The molecule has 0 spiro atoms. The number of aliphatic hydroxyl groups is 8. The maximum absolute atomic E-state index is 13.3. The highest BCUT2D eigenvalue weighted by Gasteiger charge is 2.51. The molecule has 14 nitrogen and oxygen atoms in total. The van der Waals surface area contributed by atoms with Gasteiger partial charge in [0.15, 0.2) is 12.6 Å². The van der Waals surface area contributed by atoms with E-state index in [0.29, 0.717) is 6.42 Å². The summed E-state index contributed by atoms with van der Waals surface area (Å²) in [4.78, 5) is 13.3. The molecule has 2 aliphatic rings. The number of hydrogen-bond donors (Lipinski definition) is 9. The van der Waals surface area contributed by atoms with Gasteiger partial charge in [0.05, 0.1) is 32.0 Å². The predicted octanol–water partition coefficient (Wildman–Crippen LogP) is 11.8. The molecule has 0 radical (unpaired) electrons. The average Bonchev–Trinajstić information content (AvgIpc) is 3.44. The third kappa shape index (κ3) is 34.7. The van der Waals surface area contributed by atoms with E-state index in [2.05, 4.69) is 19.2 Å². The molecule has 2 fully saturated rings. The molecule has 456 valence electrons. The van der Waals surface area contributed by atoms with Crippen LogP contribution in [-0.4, -0.2) is 140 Å². The smallest absolute Gasteiger partial charge is 0.220 e.